The maximum absolute atomic E-state index is 11.5. The third-order valence-corrected chi connectivity index (χ3v) is 3.26. The van der Waals surface area contributed by atoms with Crippen molar-refractivity contribution in [3.05, 3.63) is 13.9 Å². The predicted octanol–water partition coefficient (Wildman–Crippen LogP) is 0.222. The Labute approximate surface area is 108 Å². The van der Waals surface area contributed by atoms with Crippen LogP contribution >= 0.6 is 38.9 Å². The van der Waals surface area contributed by atoms with Gasteiger partial charge in [-0.1, -0.05) is 22.9 Å². The van der Waals surface area contributed by atoms with Crippen molar-refractivity contribution in [2.24, 2.45) is 0 Å². The number of hydrogen-bond donors (Lipinski definition) is 2. The molecule has 0 saturated heterocycles. The molecular weight excluding hydrogens is 322 g/mol. The molecule has 1 aromatic heterocycles. The van der Waals surface area contributed by atoms with E-state index in [-0.39, 0.29) is 23.3 Å². The third kappa shape index (κ3) is 3.95. The van der Waals surface area contributed by atoms with E-state index >= 15 is 0 Å². The topological polar surface area (TPSA) is 94.1 Å². The number of carboxylic acid groups (broad SMARTS) is 1. The van der Waals surface area contributed by atoms with E-state index in [9.17, 15) is 14.7 Å². The summed E-state index contributed by atoms with van der Waals surface area (Å²) >= 11 is 9.88. The molecule has 0 aliphatic carbocycles. The molecule has 0 aliphatic heterocycles. The molecule has 88 valence electrons. The number of nitrogens with zero attached hydrogens (tertiary/aromatic N) is 1. The van der Waals surface area contributed by atoms with Gasteiger partial charge in [0.2, 0.25) is 0 Å². The molecule has 1 heterocycles. The zero-order chi connectivity index (χ0) is 12.1. The van der Waals surface area contributed by atoms with Crippen LogP contribution in [0.3, 0.4) is 0 Å². The van der Waals surface area contributed by atoms with Gasteiger partial charge in [0, 0.05) is 13.1 Å². The molecule has 9 heteroatoms. The van der Waals surface area contributed by atoms with Crippen LogP contribution in [0.25, 0.3) is 0 Å². The van der Waals surface area contributed by atoms with Crippen molar-refractivity contribution in [3.63, 3.8) is 0 Å². The number of amides is 2. The van der Waals surface area contributed by atoms with Crippen molar-refractivity contribution in [2.45, 2.75) is 0 Å². The normalized spacial score (nSPS) is 9.88. The Hall–Kier alpha value is -0.860. The van der Waals surface area contributed by atoms with Crippen LogP contribution < -0.4 is 15.7 Å². The average molecular weight is 328 g/mol. The quantitative estimate of drug-likeness (QED) is 0.774. The van der Waals surface area contributed by atoms with Crippen LogP contribution in [0.15, 0.2) is 3.79 Å². The van der Waals surface area contributed by atoms with E-state index in [4.69, 9.17) is 11.6 Å². The van der Waals surface area contributed by atoms with Crippen LogP contribution in [0.4, 0.5) is 4.79 Å². The predicted molar refractivity (Wildman–Crippen MR) is 60.6 cm³/mol. The molecule has 0 unspecified atom stereocenters. The van der Waals surface area contributed by atoms with Gasteiger partial charge in [0.25, 0.3) is 5.91 Å². The van der Waals surface area contributed by atoms with E-state index in [1.54, 1.807) is 0 Å². The second-order valence-corrected chi connectivity index (χ2v) is 5.46. The fourth-order valence-electron chi connectivity index (χ4n) is 0.841. The smallest absolute Gasteiger partial charge is 0.272 e. The SMILES string of the molecule is O=C([O-])NCCNC(=O)c1nc(Cl)sc1Br. The fourth-order valence-corrected chi connectivity index (χ4v) is 2.69. The minimum absolute atomic E-state index is 0.0730. The Morgan fingerprint density at radius 3 is 2.56 bits per heavy atom. The summed E-state index contributed by atoms with van der Waals surface area (Å²) in [5.41, 5.74) is 0.184. The lowest BCUT2D eigenvalue weighted by Gasteiger charge is -2.06. The minimum atomic E-state index is -1.38. The first kappa shape index (κ1) is 13.2. The van der Waals surface area contributed by atoms with Crippen LogP contribution in [0.2, 0.25) is 4.47 Å². The lowest BCUT2D eigenvalue weighted by atomic mass is 10.4. The van der Waals surface area contributed by atoms with Crippen molar-refractivity contribution < 1.29 is 14.7 Å². The van der Waals surface area contributed by atoms with Gasteiger partial charge in [-0.25, -0.2) is 4.98 Å². The van der Waals surface area contributed by atoms with E-state index in [0.29, 0.717) is 3.79 Å². The van der Waals surface area contributed by atoms with Crippen LogP contribution in [-0.2, 0) is 0 Å². The van der Waals surface area contributed by atoms with Crippen molar-refractivity contribution in [2.75, 3.05) is 13.1 Å². The molecule has 0 aromatic carbocycles. The second-order valence-electron chi connectivity index (χ2n) is 2.56. The summed E-state index contributed by atoms with van der Waals surface area (Å²) in [7, 11) is 0. The molecule has 6 nitrogen and oxygen atoms in total. The summed E-state index contributed by atoms with van der Waals surface area (Å²) in [5, 5.41) is 14.5. The molecule has 0 spiro atoms. The second kappa shape index (κ2) is 6.02. The van der Waals surface area contributed by atoms with E-state index in [1.165, 1.54) is 0 Å². The molecule has 0 aliphatic rings. The summed E-state index contributed by atoms with van der Waals surface area (Å²) in [6.45, 7) is 0.220. The summed E-state index contributed by atoms with van der Waals surface area (Å²) in [6, 6.07) is 0. The highest BCUT2D eigenvalue weighted by Crippen LogP contribution is 2.27. The highest BCUT2D eigenvalue weighted by molar-refractivity contribution is 9.11. The molecule has 0 bridgehead atoms. The Morgan fingerprint density at radius 2 is 2.06 bits per heavy atom. The van der Waals surface area contributed by atoms with Gasteiger partial charge in [0.05, 0.1) is 0 Å². The summed E-state index contributed by atoms with van der Waals surface area (Å²) in [4.78, 5) is 25.3. The van der Waals surface area contributed by atoms with Gasteiger partial charge >= 0.3 is 0 Å². The van der Waals surface area contributed by atoms with E-state index in [1.807, 2.05) is 5.32 Å². The van der Waals surface area contributed by atoms with Gasteiger partial charge in [-0.15, -0.1) is 0 Å². The van der Waals surface area contributed by atoms with Crippen molar-refractivity contribution in [3.8, 4) is 0 Å². The first-order chi connectivity index (χ1) is 7.50. The molecule has 0 radical (unpaired) electrons. The number of aromatic nitrogens is 1. The first-order valence-electron chi connectivity index (χ1n) is 4.05. The fraction of sp³-hybridized carbons (Fsp3) is 0.286. The monoisotopic (exact) mass is 326 g/mol. The molecule has 16 heavy (non-hydrogen) atoms. The number of halogens is 2. The van der Waals surface area contributed by atoms with Gasteiger partial charge in [-0.3, -0.25) is 4.79 Å². The number of carbonyl (C=O) groups is 2. The highest BCUT2D eigenvalue weighted by Gasteiger charge is 2.14. The van der Waals surface area contributed by atoms with Gasteiger partial charge in [-0.2, -0.15) is 0 Å². The first-order valence-corrected chi connectivity index (χ1v) is 6.04. The van der Waals surface area contributed by atoms with Gasteiger partial charge < -0.3 is 20.5 Å². The Kier molecular flexibility index (Phi) is 4.97. The largest absolute Gasteiger partial charge is 0.530 e. The lowest BCUT2D eigenvalue weighted by molar-refractivity contribution is -0.250. The van der Waals surface area contributed by atoms with Crippen molar-refractivity contribution >= 4 is 50.9 Å². The van der Waals surface area contributed by atoms with Crippen LogP contribution in [0, 0.1) is 0 Å². The number of carbonyl (C=O) groups excluding carboxylic acids is 2. The zero-order valence-electron chi connectivity index (χ0n) is 7.75. The third-order valence-electron chi connectivity index (χ3n) is 1.45. The van der Waals surface area contributed by atoms with Crippen molar-refractivity contribution in [1.29, 1.82) is 0 Å². The molecule has 1 aromatic rings. The lowest BCUT2D eigenvalue weighted by Crippen LogP contribution is -2.41. The van der Waals surface area contributed by atoms with Crippen LogP contribution in [0.1, 0.15) is 10.5 Å². The van der Waals surface area contributed by atoms with Crippen LogP contribution in [0.5, 0.6) is 0 Å². The van der Waals surface area contributed by atoms with Crippen molar-refractivity contribution in [1.82, 2.24) is 15.6 Å². The molecule has 1 rings (SSSR count). The molecular formula is C7H6BrClN3O3S-. The van der Waals surface area contributed by atoms with Gasteiger partial charge in [0.1, 0.15) is 9.88 Å². The number of hydrogen-bond acceptors (Lipinski definition) is 5. The molecule has 2 N–H and O–H groups in total. The number of rotatable bonds is 4. The summed E-state index contributed by atoms with van der Waals surface area (Å²) in [5.74, 6) is -0.421. The minimum Gasteiger partial charge on any atom is -0.530 e. The Bertz CT molecular complexity index is 412. The molecule has 2 amide bonds. The average Bonchev–Trinajstić information content (AvgIpc) is 2.52. The highest BCUT2D eigenvalue weighted by atomic mass is 79.9. The van der Waals surface area contributed by atoms with Crippen LogP contribution in [-0.4, -0.2) is 30.1 Å². The molecule has 0 fully saturated rings. The maximum Gasteiger partial charge on any atom is 0.272 e. The van der Waals surface area contributed by atoms with E-state index in [2.05, 4.69) is 26.2 Å². The molecule has 0 atom stereocenters. The van der Waals surface area contributed by atoms with Gasteiger partial charge in [0.15, 0.2) is 10.2 Å². The zero-order valence-corrected chi connectivity index (χ0v) is 10.9. The van der Waals surface area contributed by atoms with E-state index in [0.717, 1.165) is 11.3 Å². The number of nitrogens with one attached hydrogen (secondary N) is 2. The maximum atomic E-state index is 11.5. The van der Waals surface area contributed by atoms with E-state index < -0.39 is 12.0 Å². The standard InChI is InChI=1S/C7H7BrClN3O3S/c8-4-3(12-6(9)16-4)5(13)10-1-2-11-7(14)15/h11H,1-2H2,(H,10,13)(H,14,15)/p-1. The Balaban J connectivity index is 2.41. The summed E-state index contributed by atoms with van der Waals surface area (Å²) < 4.78 is 0.785. The number of thiazole rings is 1. The summed E-state index contributed by atoms with van der Waals surface area (Å²) in [6.07, 6.45) is -1.38. The Morgan fingerprint density at radius 1 is 1.44 bits per heavy atom. The molecule has 0 saturated carbocycles. The van der Waals surface area contributed by atoms with Gasteiger partial charge in [-0.05, 0) is 15.9 Å².